The minimum Gasteiger partial charge on any atom is -0.366 e. The average molecular weight is 243 g/mol. The highest BCUT2D eigenvalue weighted by Gasteiger charge is 2.09. The summed E-state index contributed by atoms with van der Waals surface area (Å²) in [6.07, 6.45) is 1.80. The van der Waals surface area contributed by atoms with Crippen LogP contribution in [0.1, 0.15) is 20.8 Å². The zero-order valence-corrected chi connectivity index (χ0v) is 9.88. The maximum Gasteiger partial charge on any atom is 0.272 e. The molecule has 2 rings (SSSR count). The van der Waals surface area contributed by atoms with Crippen LogP contribution in [-0.4, -0.2) is 16.4 Å². The molecule has 0 fully saturated rings. The molecule has 0 unspecified atom stereocenters. The number of aryl methyl sites for hydroxylation is 1. The fraction of sp³-hybridized carbons (Fsp3) is 0.0769. The van der Waals surface area contributed by atoms with Gasteiger partial charge in [-0.3, -0.25) is 9.59 Å². The van der Waals surface area contributed by atoms with Gasteiger partial charge < -0.3 is 15.6 Å². The topological polar surface area (TPSA) is 77.1 Å². The van der Waals surface area contributed by atoms with Gasteiger partial charge >= 0.3 is 0 Å². The molecule has 1 aromatic heterocycles. The summed E-state index contributed by atoms with van der Waals surface area (Å²) in [5.41, 5.74) is 6.72. The van der Waals surface area contributed by atoms with Gasteiger partial charge in [-0.1, -0.05) is 0 Å². The van der Waals surface area contributed by atoms with Crippen LogP contribution in [0.4, 0.5) is 5.69 Å². The molecular weight excluding hydrogens is 230 g/mol. The SMILES string of the molecule is Cn1cccc1C(=O)Nc1ccc(C(N)=O)cc1. The second-order valence-corrected chi connectivity index (χ2v) is 3.90. The number of amides is 2. The molecular formula is C13H13N3O2. The van der Waals surface area contributed by atoms with E-state index in [-0.39, 0.29) is 5.91 Å². The zero-order valence-electron chi connectivity index (χ0n) is 9.88. The Balaban J connectivity index is 2.13. The number of rotatable bonds is 3. The monoisotopic (exact) mass is 243 g/mol. The summed E-state index contributed by atoms with van der Waals surface area (Å²) in [6, 6.07) is 9.95. The van der Waals surface area contributed by atoms with Gasteiger partial charge in [-0.25, -0.2) is 0 Å². The number of nitrogens with zero attached hydrogens (tertiary/aromatic N) is 1. The summed E-state index contributed by atoms with van der Waals surface area (Å²) >= 11 is 0. The summed E-state index contributed by atoms with van der Waals surface area (Å²) in [4.78, 5) is 22.8. The van der Waals surface area contributed by atoms with E-state index >= 15 is 0 Å². The quantitative estimate of drug-likeness (QED) is 0.854. The number of hydrogen-bond donors (Lipinski definition) is 2. The van der Waals surface area contributed by atoms with Crippen LogP contribution in [-0.2, 0) is 7.05 Å². The van der Waals surface area contributed by atoms with Gasteiger partial charge in [0.25, 0.3) is 5.91 Å². The van der Waals surface area contributed by atoms with Gasteiger partial charge in [0, 0.05) is 24.5 Å². The number of primary amides is 1. The highest BCUT2D eigenvalue weighted by Crippen LogP contribution is 2.11. The lowest BCUT2D eigenvalue weighted by Crippen LogP contribution is -2.15. The van der Waals surface area contributed by atoms with Crippen molar-refractivity contribution in [1.82, 2.24) is 4.57 Å². The lowest BCUT2D eigenvalue weighted by Gasteiger charge is -2.06. The maximum atomic E-state index is 11.9. The van der Waals surface area contributed by atoms with E-state index in [0.717, 1.165) is 0 Å². The van der Waals surface area contributed by atoms with Crippen LogP contribution < -0.4 is 11.1 Å². The number of carbonyl (C=O) groups excluding carboxylic acids is 2. The van der Waals surface area contributed by atoms with Crippen molar-refractivity contribution in [3.63, 3.8) is 0 Å². The van der Waals surface area contributed by atoms with E-state index in [1.165, 1.54) is 0 Å². The van der Waals surface area contributed by atoms with E-state index in [0.29, 0.717) is 16.9 Å². The van der Waals surface area contributed by atoms with E-state index in [1.54, 1.807) is 54.2 Å². The first-order valence-electron chi connectivity index (χ1n) is 5.40. The van der Waals surface area contributed by atoms with Crippen LogP contribution in [0, 0.1) is 0 Å². The van der Waals surface area contributed by atoms with Crippen molar-refractivity contribution in [3.8, 4) is 0 Å². The molecule has 0 radical (unpaired) electrons. The standard InChI is InChI=1S/C13H13N3O2/c1-16-8-2-3-11(16)13(18)15-10-6-4-9(5-7-10)12(14)17/h2-8H,1H3,(H2,14,17)(H,15,18). The summed E-state index contributed by atoms with van der Waals surface area (Å²) in [7, 11) is 1.80. The molecule has 92 valence electrons. The number of nitrogens with one attached hydrogen (secondary N) is 1. The average Bonchev–Trinajstić information content (AvgIpc) is 2.76. The van der Waals surface area contributed by atoms with Crippen molar-refractivity contribution >= 4 is 17.5 Å². The third-order valence-corrected chi connectivity index (χ3v) is 2.60. The van der Waals surface area contributed by atoms with Crippen molar-refractivity contribution in [1.29, 1.82) is 0 Å². The molecule has 0 atom stereocenters. The number of nitrogens with two attached hydrogens (primary N) is 1. The predicted octanol–water partition coefficient (Wildman–Crippen LogP) is 1.38. The summed E-state index contributed by atoms with van der Waals surface area (Å²) < 4.78 is 1.73. The van der Waals surface area contributed by atoms with Crippen molar-refractivity contribution < 1.29 is 9.59 Å². The fourth-order valence-corrected chi connectivity index (χ4v) is 1.61. The molecule has 0 aliphatic carbocycles. The number of benzene rings is 1. The number of carbonyl (C=O) groups is 2. The Hall–Kier alpha value is -2.56. The molecule has 0 saturated carbocycles. The summed E-state index contributed by atoms with van der Waals surface area (Å²) in [5, 5.41) is 2.74. The highest BCUT2D eigenvalue weighted by atomic mass is 16.2. The van der Waals surface area contributed by atoms with Gasteiger partial charge in [0.1, 0.15) is 5.69 Å². The lowest BCUT2D eigenvalue weighted by atomic mass is 10.2. The summed E-state index contributed by atoms with van der Waals surface area (Å²) in [6.45, 7) is 0. The third-order valence-electron chi connectivity index (χ3n) is 2.60. The fourth-order valence-electron chi connectivity index (χ4n) is 1.61. The first kappa shape index (κ1) is 11.9. The molecule has 3 N–H and O–H groups in total. The van der Waals surface area contributed by atoms with Crippen molar-refractivity contribution in [2.45, 2.75) is 0 Å². The first-order valence-corrected chi connectivity index (χ1v) is 5.40. The first-order chi connectivity index (χ1) is 8.58. The predicted molar refractivity (Wildman–Crippen MR) is 68.3 cm³/mol. The molecule has 0 saturated heterocycles. The largest absolute Gasteiger partial charge is 0.366 e. The molecule has 1 aromatic carbocycles. The van der Waals surface area contributed by atoms with Crippen LogP contribution in [0.2, 0.25) is 0 Å². The van der Waals surface area contributed by atoms with Gasteiger partial charge in [0.15, 0.2) is 0 Å². The van der Waals surface area contributed by atoms with Crippen molar-refractivity contribution in [3.05, 3.63) is 53.9 Å². The summed E-state index contributed by atoms with van der Waals surface area (Å²) in [5.74, 6) is -0.690. The van der Waals surface area contributed by atoms with Crippen LogP contribution in [0.5, 0.6) is 0 Å². The Bertz CT molecular complexity index is 585. The Morgan fingerprint density at radius 3 is 2.33 bits per heavy atom. The Labute approximate surface area is 104 Å². The minimum absolute atomic E-state index is 0.200. The molecule has 0 bridgehead atoms. The van der Waals surface area contributed by atoms with E-state index in [9.17, 15) is 9.59 Å². The van der Waals surface area contributed by atoms with Gasteiger partial charge in [-0.05, 0) is 36.4 Å². The molecule has 0 aliphatic rings. The van der Waals surface area contributed by atoms with Crippen molar-refractivity contribution in [2.75, 3.05) is 5.32 Å². The van der Waals surface area contributed by atoms with Gasteiger partial charge in [0.2, 0.25) is 5.91 Å². The molecule has 1 heterocycles. The zero-order chi connectivity index (χ0) is 13.1. The molecule has 5 nitrogen and oxygen atoms in total. The van der Waals surface area contributed by atoms with E-state index < -0.39 is 5.91 Å². The van der Waals surface area contributed by atoms with Crippen molar-refractivity contribution in [2.24, 2.45) is 12.8 Å². The molecule has 5 heteroatoms. The van der Waals surface area contributed by atoms with Crippen LogP contribution in [0.25, 0.3) is 0 Å². The molecule has 0 spiro atoms. The van der Waals surface area contributed by atoms with Gasteiger partial charge in [0.05, 0.1) is 0 Å². The Kier molecular flexibility index (Phi) is 3.14. The number of anilines is 1. The van der Waals surface area contributed by atoms with Crippen LogP contribution >= 0.6 is 0 Å². The Morgan fingerprint density at radius 1 is 1.17 bits per heavy atom. The Morgan fingerprint density at radius 2 is 1.83 bits per heavy atom. The number of hydrogen-bond acceptors (Lipinski definition) is 2. The van der Waals surface area contributed by atoms with Gasteiger partial charge in [-0.15, -0.1) is 0 Å². The van der Waals surface area contributed by atoms with E-state index in [4.69, 9.17) is 5.73 Å². The molecule has 0 aliphatic heterocycles. The molecule has 2 amide bonds. The second kappa shape index (κ2) is 4.75. The smallest absolute Gasteiger partial charge is 0.272 e. The second-order valence-electron chi connectivity index (χ2n) is 3.90. The molecule has 2 aromatic rings. The maximum absolute atomic E-state index is 11.9. The lowest BCUT2D eigenvalue weighted by molar-refractivity contribution is 0.0997. The normalized spacial score (nSPS) is 10.1. The number of aromatic nitrogens is 1. The minimum atomic E-state index is -0.490. The molecule has 18 heavy (non-hydrogen) atoms. The van der Waals surface area contributed by atoms with E-state index in [2.05, 4.69) is 5.32 Å². The van der Waals surface area contributed by atoms with Crippen LogP contribution in [0.3, 0.4) is 0 Å². The van der Waals surface area contributed by atoms with E-state index in [1.807, 2.05) is 0 Å². The van der Waals surface area contributed by atoms with Crippen LogP contribution in [0.15, 0.2) is 42.6 Å². The third kappa shape index (κ3) is 2.40. The highest BCUT2D eigenvalue weighted by molar-refractivity contribution is 6.03. The van der Waals surface area contributed by atoms with Gasteiger partial charge in [-0.2, -0.15) is 0 Å².